The molecular weight excluding hydrogens is 376 g/mol. The van der Waals surface area contributed by atoms with Gasteiger partial charge in [0.1, 0.15) is 6.61 Å². The van der Waals surface area contributed by atoms with E-state index in [9.17, 15) is 10.2 Å². The monoisotopic (exact) mass is 418 g/mol. The van der Waals surface area contributed by atoms with Crippen LogP contribution in [0.1, 0.15) is 85.0 Å². The van der Waals surface area contributed by atoms with Crippen LogP contribution >= 0.6 is 0 Å². The van der Waals surface area contributed by atoms with E-state index in [0.717, 1.165) is 50.5 Å². The maximum atomic E-state index is 11.8. The highest BCUT2D eigenvalue weighted by Gasteiger charge is 2.65. The number of hydrogen-bond donors (Lipinski definition) is 3. The molecule has 4 fully saturated rings. The van der Waals surface area contributed by atoms with Crippen LogP contribution in [-0.2, 0) is 4.84 Å². The lowest BCUT2D eigenvalue weighted by Crippen LogP contribution is -2.61. The van der Waals surface area contributed by atoms with Crippen LogP contribution in [-0.4, -0.2) is 40.8 Å². The Kier molecular flexibility index (Phi) is 5.87. The summed E-state index contributed by atoms with van der Waals surface area (Å²) in [6, 6.07) is 0. The second kappa shape index (κ2) is 7.90. The molecule has 4 aliphatic rings. The minimum atomic E-state index is -0.769. The number of fused-ring (bicyclic) bond motifs is 5. The number of oxime groups is 1. The maximum Gasteiger partial charge on any atom is 0.129 e. The summed E-state index contributed by atoms with van der Waals surface area (Å²) in [6.45, 7) is 7.63. The average molecular weight is 419 g/mol. The van der Waals surface area contributed by atoms with Crippen molar-refractivity contribution in [3.63, 3.8) is 0 Å². The highest BCUT2D eigenvalue weighted by atomic mass is 16.6. The molecule has 4 N–H and O–H groups in total. The van der Waals surface area contributed by atoms with Gasteiger partial charge in [-0.15, -0.1) is 0 Å². The van der Waals surface area contributed by atoms with Gasteiger partial charge in [0, 0.05) is 6.54 Å². The zero-order valence-corrected chi connectivity index (χ0v) is 19.2. The number of allylic oxidation sites excluding steroid dienone is 1. The van der Waals surface area contributed by atoms with Gasteiger partial charge < -0.3 is 20.8 Å². The Bertz CT molecular complexity index is 709. The molecule has 5 heteroatoms. The number of hydrogen-bond acceptors (Lipinski definition) is 5. The molecule has 0 aromatic rings. The van der Waals surface area contributed by atoms with Crippen LogP contribution in [0, 0.1) is 28.6 Å². The number of nitrogens with two attached hydrogens (primary N) is 1. The van der Waals surface area contributed by atoms with Crippen molar-refractivity contribution in [2.45, 2.75) is 96.2 Å². The van der Waals surface area contributed by atoms with E-state index < -0.39 is 11.2 Å². The van der Waals surface area contributed by atoms with Gasteiger partial charge in [-0.2, -0.15) is 0 Å². The van der Waals surface area contributed by atoms with Gasteiger partial charge in [-0.1, -0.05) is 19.0 Å². The molecule has 0 bridgehead atoms. The smallest absolute Gasteiger partial charge is 0.129 e. The normalized spacial score (nSPS) is 48.9. The van der Waals surface area contributed by atoms with Crippen LogP contribution in [0.5, 0.6) is 0 Å². The third kappa shape index (κ3) is 3.55. The van der Waals surface area contributed by atoms with Crippen LogP contribution in [0.15, 0.2) is 16.8 Å². The van der Waals surface area contributed by atoms with E-state index in [1.165, 1.54) is 19.3 Å². The number of aliphatic hydroxyl groups is 2. The predicted octanol–water partition coefficient (Wildman–Crippen LogP) is 4.17. The standard InChI is InChI=1S/C25H42N2O3/c1-18(17-27-30-14-13-26)15-24(28)12-11-23(3)19(16-24)5-6-21-20(23)7-10-22(2)8-4-9-25(21,22)29/h15,17,19-21,28-29H,4-14,16,26H2,1-3H3/t19-,20+,21-,22+,23+,24+,25+/m1/s1. The van der Waals surface area contributed by atoms with E-state index in [-0.39, 0.29) is 10.8 Å². The van der Waals surface area contributed by atoms with E-state index in [1.807, 2.05) is 13.0 Å². The maximum absolute atomic E-state index is 11.8. The largest absolute Gasteiger partial charge is 0.394 e. The molecule has 0 heterocycles. The number of rotatable bonds is 5. The molecule has 4 rings (SSSR count). The van der Waals surface area contributed by atoms with Crippen molar-refractivity contribution >= 4 is 6.21 Å². The van der Waals surface area contributed by atoms with Gasteiger partial charge in [0.15, 0.2) is 0 Å². The summed E-state index contributed by atoms with van der Waals surface area (Å²) in [7, 11) is 0. The van der Waals surface area contributed by atoms with Gasteiger partial charge in [0.2, 0.25) is 0 Å². The SMILES string of the molecule is CC(C=NOCCN)=C[C@@]1(O)CC[C@@]2(C)[C@H](CC[C@@H]3[C@@H]2CC[C@]2(C)CCC[C@]32O)C1. The lowest BCUT2D eigenvalue weighted by Gasteiger charge is -2.63. The van der Waals surface area contributed by atoms with Gasteiger partial charge >= 0.3 is 0 Å². The summed E-state index contributed by atoms with van der Waals surface area (Å²) in [5.74, 6) is 1.55. The van der Waals surface area contributed by atoms with Gasteiger partial charge in [0.25, 0.3) is 0 Å². The molecule has 5 nitrogen and oxygen atoms in total. The van der Waals surface area contributed by atoms with Crippen molar-refractivity contribution in [3.05, 3.63) is 11.6 Å². The van der Waals surface area contributed by atoms with E-state index in [0.29, 0.717) is 30.9 Å². The summed E-state index contributed by atoms with van der Waals surface area (Å²) >= 11 is 0. The highest BCUT2D eigenvalue weighted by Crippen LogP contribution is 2.68. The van der Waals surface area contributed by atoms with Gasteiger partial charge in [0.05, 0.1) is 17.4 Å². The fourth-order valence-electron chi connectivity index (χ4n) is 8.05. The third-order valence-corrected chi connectivity index (χ3v) is 9.78. The topological polar surface area (TPSA) is 88.1 Å². The first-order valence-corrected chi connectivity index (χ1v) is 12.2. The zero-order chi connectivity index (χ0) is 21.6. The fourth-order valence-corrected chi connectivity index (χ4v) is 8.05. The molecule has 0 radical (unpaired) electrons. The summed E-state index contributed by atoms with van der Waals surface area (Å²) in [5, 5.41) is 27.1. The molecule has 0 saturated heterocycles. The lowest BCUT2D eigenvalue weighted by molar-refractivity contribution is -0.206. The minimum Gasteiger partial charge on any atom is -0.394 e. The third-order valence-electron chi connectivity index (χ3n) is 9.78. The zero-order valence-electron chi connectivity index (χ0n) is 19.2. The quantitative estimate of drug-likeness (QED) is 0.355. The predicted molar refractivity (Wildman–Crippen MR) is 120 cm³/mol. The molecule has 30 heavy (non-hydrogen) atoms. The van der Waals surface area contributed by atoms with E-state index in [2.05, 4.69) is 19.0 Å². The minimum absolute atomic E-state index is 0.123. The second-order valence-electron chi connectivity index (χ2n) is 11.4. The van der Waals surface area contributed by atoms with Crippen LogP contribution in [0.25, 0.3) is 0 Å². The first kappa shape index (κ1) is 22.3. The summed E-state index contributed by atoms with van der Waals surface area (Å²) in [4.78, 5) is 5.09. The van der Waals surface area contributed by atoms with Crippen LogP contribution in [0.4, 0.5) is 0 Å². The van der Waals surface area contributed by atoms with Gasteiger partial charge in [-0.25, -0.2) is 0 Å². The van der Waals surface area contributed by atoms with E-state index in [1.54, 1.807) is 6.21 Å². The Morgan fingerprint density at radius 2 is 1.87 bits per heavy atom. The summed E-state index contributed by atoms with van der Waals surface area (Å²) in [5.41, 5.74) is 5.46. The van der Waals surface area contributed by atoms with E-state index >= 15 is 0 Å². The second-order valence-corrected chi connectivity index (χ2v) is 11.4. The van der Waals surface area contributed by atoms with Crippen molar-refractivity contribution in [1.29, 1.82) is 0 Å². The van der Waals surface area contributed by atoms with Crippen molar-refractivity contribution in [3.8, 4) is 0 Å². The van der Waals surface area contributed by atoms with E-state index in [4.69, 9.17) is 10.6 Å². The highest BCUT2D eigenvalue weighted by molar-refractivity contribution is 5.77. The summed E-state index contributed by atoms with van der Waals surface area (Å²) in [6.07, 6.45) is 14.3. The number of nitrogens with zero attached hydrogens (tertiary/aromatic N) is 1. The van der Waals surface area contributed by atoms with Crippen molar-refractivity contribution in [2.24, 2.45) is 39.5 Å². The fraction of sp³-hybridized carbons (Fsp3) is 0.880. The summed E-state index contributed by atoms with van der Waals surface area (Å²) < 4.78 is 0. The Labute approximate surface area is 182 Å². The Balaban J connectivity index is 1.49. The van der Waals surface area contributed by atoms with Gasteiger partial charge in [-0.05, 0) is 111 Å². The van der Waals surface area contributed by atoms with Crippen molar-refractivity contribution in [1.82, 2.24) is 0 Å². The van der Waals surface area contributed by atoms with Crippen molar-refractivity contribution in [2.75, 3.05) is 13.2 Å². The van der Waals surface area contributed by atoms with Crippen molar-refractivity contribution < 1.29 is 15.1 Å². The van der Waals surface area contributed by atoms with Crippen LogP contribution < -0.4 is 5.73 Å². The molecule has 0 amide bonds. The Morgan fingerprint density at radius 1 is 1.07 bits per heavy atom. The molecule has 0 unspecified atom stereocenters. The van der Waals surface area contributed by atoms with Crippen LogP contribution in [0.3, 0.4) is 0 Å². The molecular formula is C25H42N2O3. The van der Waals surface area contributed by atoms with Gasteiger partial charge in [-0.3, -0.25) is 0 Å². The first-order chi connectivity index (χ1) is 14.2. The molecule has 0 aromatic heterocycles. The average Bonchev–Trinajstić information content (AvgIpc) is 3.01. The molecule has 0 aliphatic heterocycles. The molecule has 7 atom stereocenters. The molecule has 170 valence electrons. The Morgan fingerprint density at radius 3 is 2.63 bits per heavy atom. The lowest BCUT2D eigenvalue weighted by atomic mass is 9.43. The molecule has 4 saturated carbocycles. The molecule has 0 spiro atoms. The van der Waals surface area contributed by atoms with Crippen LogP contribution in [0.2, 0.25) is 0 Å². The molecule has 4 aliphatic carbocycles. The Hall–Kier alpha value is -0.910. The molecule has 0 aromatic carbocycles. The first-order valence-electron chi connectivity index (χ1n) is 12.2.